The summed E-state index contributed by atoms with van der Waals surface area (Å²) >= 11 is 3.06. The predicted octanol–water partition coefficient (Wildman–Crippen LogP) is 4.11. The molecule has 0 aliphatic rings. The van der Waals surface area contributed by atoms with Crippen LogP contribution < -0.4 is 5.32 Å². The van der Waals surface area contributed by atoms with E-state index in [4.69, 9.17) is 5.26 Å². The van der Waals surface area contributed by atoms with E-state index in [1.807, 2.05) is 24.3 Å². The number of aromatic nitrogens is 2. The molecule has 1 N–H and O–H groups in total. The second-order valence-electron chi connectivity index (χ2n) is 5.51. The fourth-order valence-electron chi connectivity index (χ4n) is 2.39. The number of nitrogens with zero attached hydrogens (tertiary/aromatic N) is 3. The fraction of sp³-hybridized carbons (Fsp3) is 0.222. The summed E-state index contributed by atoms with van der Waals surface area (Å²) in [5.74, 6) is 0.190. The molecule has 0 atom stereocenters. The molecule has 0 aliphatic heterocycles. The lowest BCUT2D eigenvalue weighted by Crippen LogP contribution is -2.14. The Morgan fingerprint density at radius 2 is 2.04 bits per heavy atom. The number of carbonyl (C=O) groups excluding carboxylic acids is 1. The number of amides is 1. The summed E-state index contributed by atoms with van der Waals surface area (Å²) in [6.45, 7) is 4.13. The molecule has 5 nitrogen and oxygen atoms in total. The Morgan fingerprint density at radius 3 is 2.76 bits per heavy atom. The minimum absolute atomic E-state index is 0.0885. The van der Waals surface area contributed by atoms with Crippen molar-refractivity contribution in [2.24, 2.45) is 0 Å². The number of hydrogen-bond acceptors (Lipinski definition) is 6. The zero-order chi connectivity index (χ0) is 17.8. The fourth-order valence-corrected chi connectivity index (χ4v) is 4.30. The largest absolute Gasteiger partial charge is 0.325 e. The summed E-state index contributed by atoms with van der Waals surface area (Å²) in [5.41, 5.74) is 2.83. The number of thiophene rings is 1. The maximum Gasteiger partial charge on any atom is 0.234 e. The van der Waals surface area contributed by atoms with Gasteiger partial charge in [0.2, 0.25) is 5.91 Å². The number of thioether (sulfide) groups is 1. The van der Waals surface area contributed by atoms with E-state index in [1.165, 1.54) is 22.2 Å². The molecule has 1 amide bonds. The highest BCUT2D eigenvalue weighted by atomic mass is 32.2. The SMILES string of the molecule is Cc1sc2ncnc(SCC(=O)Nc3ccc(CC#N)cc3)c2c1C. The zero-order valence-electron chi connectivity index (χ0n) is 13.9. The van der Waals surface area contributed by atoms with Crippen LogP contribution in [0.25, 0.3) is 10.2 Å². The Kier molecular flexibility index (Phi) is 5.31. The summed E-state index contributed by atoms with van der Waals surface area (Å²) in [6.07, 6.45) is 1.92. The number of benzene rings is 1. The lowest BCUT2D eigenvalue weighted by molar-refractivity contribution is -0.113. The number of rotatable bonds is 5. The van der Waals surface area contributed by atoms with E-state index < -0.39 is 0 Å². The highest BCUT2D eigenvalue weighted by molar-refractivity contribution is 8.00. The van der Waals surface area contributed by atoms with Crippen LogP contribution in [0.4, 0.5) is 5.69 Å². The Morgan fingerprint density at radius 1 is 1.28 bits per heavy atom. The molecule has 7 heteroatoms. The van der Waals surface area contributed by atoms with Gasteiger partial charge in [-0.2, -0.15) is 5.26 Å². The lowest BCUT2D eigenvalue weighted by Gasteiger charge is -2.06. The van der Waals surface area contributed by atoms with Crippen molar-refractivity contribution < 1.29 is 4.79 Å². The molecule has 0 saturated heterocycles. The Bertz CT molecular complexity index is 958. The van der Waals surface area contributed by atoms with Gasteiger partial charge in [-0.3, -0.25) is 4.79 Å². The molecule has 0 bridgehead atoms. The van der Waals surface area contributed by atoms with Gasteiger partial charge in [-0.05, 0) is 37.1 Å². The highest BCUT2D eigenvalue weighted by Crippen LogP contribution is 2.34. The first-order chi connectivity index (χ1) is 12.1. The molecule has 2 heterocycles. The van der Waals surface area contributed by atoms with Crippen molar-refractivity contribution in [3.63, 3.8) is 0 Å². The molecule has 0 aliphatic carbocycles. The molecular weight excluding hydrogens is 352 g/mol. The number of anilines is 1. The van der Waals surface area contributed by atoms with E-state index in [2.05, 4.69) is 35.2 Å². The molecule has 0 saturated carbocycles. The minimum Gasteiger partial charge on any atom is -0.325 e. The Hall–Kier alpha value is -2.43. The molecule has 0 spiro atoms. The van der Waals surface area contributed by atoms with Crippen LogP contribution >= 0.6 is 23.1 Å². The smallest absolute Gasteiger partial charge is 0.234 e. The number of carbonyl (C=O) groups is 1. The third-order valence-corrected chi connectivity index (χ3v) is 5.90. The van der Waals surface area contributed by atoms with Crippen LogP contribution in [-0.2, 0) is 11.2 Å². The summed E-state index contributed by atoms with van der Waals surface area (Å²) in [6, 6.07) is 9.41. The molecule has 2 aromatic heterocycles. The predicted molar refractivity (Wildman–Crippen MR) is 102 cm³/mol. The molecule has 1 aromatic carbocycles. The van der Waals surface area contributed by atoms with Gasteiger partial charge in [0.15, 0.2) is 0 Å². The third kappa shape index (κ3) is 3.98. The topological polar surface area (TPSA) is 78.7 Å². The van der Waals surface area contributed by atoms with Crippen LogP contribution in [0.2, 0.25) is 0 Å². The normalized spacial score (nSPS) is 10.6. The van der Waals surface area contributed by atoms with Crippen LogP contribution in [0.3, 0.4) is 0 Å². The van der Waals surface area contributed by atoms with Gasteiger partial charge >= 0.3 is 0 Å². The molecule has 3 rings (SSSR count). The van der Waals surface area contributed by atoms with E-state index in [-0.39, 0.29) is 11.7 Å². The van der Waals surface area contributed by atoms with E-state index in [9.17, 15) is 4.79 Å². The van der Waals surface area contributed by atoms with Gasteiger partial charge in [0.05, 0.1) is 18.2 Å². The van der Waals surface area contributed by atoms with Crippen molar-refractivity contribution in [1.82, 2.24) is 9.97 Å². The molecule has 0 unspecified atom stereocenters. The summed E-state index contributed by atoms with van der Waals surface area (Å²) < 4.78 is 0. The van der Waals surface area contributed by atoms with Crippen LogP contribution in [0.15, 0.2) is 35.6 Å². The molecule has 0 radical (unpaired) electrons. The summed E-state index contributed by atoms with van der Waals surface area (Å²) in [5, 5.41) is 13.4. The van der Waals surface area contributed by atoms with Crippen molar-refractivity contribution in [2.45, 2.75) is 25.3 Å². The van der Waals surface area contributed by atoms with Gasteiger partial charge in [-0.15, -0.1) is 11.3 Å². The molecule has 25 heavy (non-hydrogen) atoms. The van der Waals surface area contributed by atoms with Crippen molar-refractivity contribution in [3.05, 3.63) is 46.6 Å². The molecular formula is C18H16N4OS2. The highest BCUT2D eigenvalue weighted by Gasteiger charge is 2.13. The van der Waals surface area contributed by atoms with Gasteiger partial charge in [-0.1, -0.05) is 23.9 Å². The average Bonchev–Trinajstić information content (AvgIpc) is 2.90. The Balaban J connectivity index is 1.66. The average molecular weight is 368 g/mol. The number of aryl methyl sites for hydroxylation is 2. The van der Waals surface area contributed by atoms with E-state index in [0.717, 1.165) is 26.5 Å². The molecule has 0 fully saturated rings. The molecule has 126 valence electrons. The van der Waals surface area contributed by atoms with Crippen LogP contribution in [0.1, 0.15) is 16.0 Å². The molecule has 3 aromatic rings. The second-order valence-corrected chi connectivity index (χ2v) is 7.68. The van der Waals surface area contributed by atoms with Crippen molar-refractivity contribution in [2.75, 3.05) is 11.1 Å². The monoisotopic (exact) mass is 368 g/mol. The van der Waals surface area contributed by atoms with E-state index in [1.54, 1.807) is 17.7 Å². The standard InChI is InChI=1S/C18H16N4OS2/c1-11-12(2)25-18-16(11)17(20-10-21-18)24-9-15(23)22-14-5-3-13(4-6-14)7-8-19/h3-6,10H,7,9H2,1-2H3,(H,22,23). The zero-order valence-corrected chi connectivity index (χ0v) is 15.5. The maximum atomic E-state index is 12.2. The van der Waals surface area contributed by atoms with Crippen LogP contribution in [-0.4, -0.2) is 21.6 Å². The van der Waals surface area contributed by atoms with Gasteiger partial charge in [0, 0.05) is 16.0 Å². The first kappa shape index (κ1) is 17.4. The van der Waals surface area contributed by atoms with E-state index >= 15 is 0 Å². The number of nitrogens with one attached hydrogen (secondary N) is 1. The minimum atomic E-state index is -0.0885. The third-order valence-electron chi connectivity index (χ3n) is 3.79. The second kappa shape index (κ2) is 7.64. The van der Waals surface area contributed by atoms with Crippen LogP contribution in [0.5, 0.6) is 0 Å². The number of fused-ring (bicyclic) bond motifs is 1. The maximum absolute atomic E-state index is 12.2. The van der Waals surface area contributed by atoms with Crippen molar-refractivity contribution in [3.8, 4) is 6.07 Å². The first-order valence-corrected chi connectivity index (χ1v) is 9.48. The quantitative estimate of drug-likeness (QED) is 0.542. The van der Waals surface area contributed by atoms with Gasteiger partial charge in [0.1, 0.15) is 16.2 Å². The van der Waals surface area contributed by atoms with E-state index in [0.29, 0.717) is 6.42 Å². The first-order valence-electron chi connectivity index (χ1n) is 7.67. The van der Waals surface area contributed by atoms with Crippen molar-refractivity contribution in [1.29, 1.82) is 5.26 Å². The number of nitriles is 1. The van der Waals surface area contributed by atoms with Crippen molar-refractivity contribution >= 4 is 44.9 Å². The number of hydrogen-bond donors (Lipinski definition) is 1. The van der Waals surface area contributed by atoms with Gasteiger partial charge in [-0.25, -0.2) is 9.97 Å². The van der Waals surface area contributed by atoms with Gasteiger partial charge < -0.3 is 5.32 Å². The lowest BCUT2D eigenvalue weighted by atomic mass is 10.1. The summed E-state index contributed by atoms with van der Waals surface area (Å²) in [4.78, 5) is 23.0. The van der Waals surface area contributed by atoms with Gasteiger partial charge in [0.25, 0.3) is 0 Å². The summed E-state index contributed by atoms with van der Waals surface area (Å²) in [7, 11) is 0. The van der Waals surface area contributed by atoms with Crippen LogP contribution in [0, 0.1) is 25.2 Å². The Labute approximate surface area is 154 Å².